The second-order valence-electron chi connectivity index (χ2n) is 3.59. The first kappa shape index (κ1) is 10.8. The number of nitrogens with zero attached hydrogens (tertiary/aromatic N) is 1. The fourth-order valence-electron chi connectivity index (χ4n) is 1.54. The molecule has 0 saturated heterocycles. The summed E-state index contributed by atoms with van der Waals surface area (Å²) in [4.78, 5) is 3.43. The molecule has 1 aromatic carbocycles. The molecule has 0 heterocycles. The number of rotatable bonds is 5. The summed E-state index contributed by atoms with van der Waals surface area (Å²) in [5, 5.41) is 0. The number of hydrogen-bond acceptors (Lipinski definition) is 0. The van der Waals surface area contributed by atoms with Gasteiger partial charge in [-0.15, -0.1) is 0 Å². The standard InChI is InChI=1S/C13H17N/c1-3-4-5-6-8-12-9-7-10-13(11-12)14-2/h7,9-11H,3-6,8H2,1H3. The van der Waals surface area contributed by atoms with Crippen LogP contribution in [0.4, 0.5) is 5.69 Å². The van der Waals surface area contributed by atoms with E-state index in [0.29, 0.717) is 0 Å². The van der Waals surface area contributed by atoms with Gasteiger partial charge in [0.25, 0.3) is 0 Å². The molecule has 0 aromatic heterocycles. The molecule has 0 N–H and O–H groups in total. The number of hydrogen-bond donors (Lipinski definition) is 0. The van der Waals surface area contributed by atoms with Gasteiger partial charge in [-0.1, -0.05) is 56.0 Å². The van der Waals surface area contributed by atoms with Gasteiger partial charge < -0.3 is 0 Å². The topological polar surface area (TPSA) is 4.36 Å². The van der Waals surface area contributed by atoms with E-state index in [1.54, 1.807) is 0 Å². The highest BCUT2D eigenvalue weighted by Crippen LogP contribution is 2.15. The lowest BCUT2D eigenvalue weighted by Gasteiger charge is -2.01. The average molecular weight is 187 g/mol. The molecule has 0 fully saturated rings. The van der Waals surface area contributed by atoms with Crippen LogP contribution in [-0.4, -0.2) is 0 Å². The maximum Gasteiger partial charge on any atom is 0.187 e. The summed E-state index contributed by atoms with van der Waals surface area (Å²) in [6.07, 6.45) is 6.27. The fraction of sp³-hybridized carbons (Fsp3) is 0.462. The number of unbranched alkanes of at least 4 members (excludes halogenated alkanes) is 3. The third-order valence-corrected chi connectivity index (χ3v) is 2.36. The van der Waals surface area contributed by atoms with E-state index in [1.807, 2.05) is 18.2 Å². The number of benzene rings is 1. The predicted octanol–water partition coefficient (Wildman–Crippen LogP) is 4.36. The smallest absolute Gasteiger partial charge is 0.187 e. The van der Waals surface area contributed by atoms with Crippen molar-refractivity contribution in [2.75, 3.05) is 0 Å². The van der Waals surface area contributed by atoms with Crippen LogP contribution in [0, 0.1) is 6.57 Å². The summed E-state index contributed by atoms with van der Waals surface area (Å²) >= 11 is 0. The largest absolute Gasteiger partial charge is 0.238 e. The molecule has 1 aromatic rings. The van der Waals surface area contributed by atoms with Crippen LogP contribution in [0.25, 0.3) is 4.85 Å². The monoisotopic (exact) mass is 187 g/mol. The van der Waals surface area contributed by atoms with Crippen LogP contribution in [0.2, 0.25) is 0 Å². The summed E-state index contributed by atoms with van der Waals surface area (Å²) in [5.41, 5.74) is 2.06. The highest BCUT2D eigenvalue weighted by molar-refractivity contribution is 5.46. The minimum absolute atomic E-state index is 0.762. The first-order valence-corrected chi connectivity index (χ1v) is 5.33. The fourth-order valence-corrected chi connectivity index (χ4v) is 1.54. The molecule has 0 bridgehead atoms. The Morgan fingerprint density at radius 2 is 2.07 bits per heavy atom. The summed E-state index contributed by atoms with van der Waals surface area (Å²) in [7, 11) is 0. The van der Waals surface area contributed by atoms with Gasteiger partial charge in [-0.25, -0.2) is 4.85 Å². The Kier molecular flexibility index (Phi) is 4.78. The zero-order valence-corrected chi connectivity index (χ0v) is 8.79. The Morgan fingerprint density at radius 1 is 1.21 bits per heavy atom. The van der Waals surface area contributed by atoms with Crippen LogP contribution in [-0.2, 0) is 6.42 Å². The van der Waals surface area contributed by atoms with Gasteiger partial charge in [0, 0.05) is 0 Å². The quantitative estimate of drug-likeness (QED) is 0.476. The second-order valence-corrected chi connectivity index (χ2v) is 3.59. The normalized spacial score (nSPS) is 9.71. The molecular formula is C13H17N. The number of aryl methyl sites for hydroxylation is 1. The van der Waals surface area contributed by atoms with E-state index >= 15 is 0 Å². The van der Waals surface area contributed by atoms with Crippen molar-refractivity contribution in [2.24, 2.45) is 0 Å². The Hall–Kier alpha value is -1.29. The van der Waals surface area contributed by atoms with Gasteiger partial charge in [-0.05, 0) is 12.8 Å². The van der Waals surface area contributed by atoms with Gasteiger partial charge >= 0.3 is 0 Å². The lowest BCUT2D eigenvalue weighted by molar-refractivity contribution is 0.667. The van der Waals surface area contributed by atoms with Gasteiger partial charge in [0.05, 0.1) is 6.57 Å². The van der Waals surface area contributed by atoms with Gasteiger partial charge in [0.1, 0.15) is 0 Å². The molecule has 0 spiro atoms. The maximum atomic E-state index is 6.91. The summed E-state index contributed by atoms with van der Waals surface area (Å²) < 4.78 is 0. The minimum atomic E-state index is 0.762. The van der Waals surface area contributed by atoms with Crippen molar-refractivity contribution in [3.63, 3.8) is 0 Å². The molecule has 0 atom stereocenters. The first-order valence-electron chi connectivity index (χ1n) is 5.33. The maximum absolute atomic E-state index is 6.91. The molecule has 14 heavy (non-hydrogen) atoms. The molecule has 74 valence electrons. The third-order valence-electron chi connectivity index (χ3n) is 2.36. The SMILES string of the molecule is [C-]#[N+]c1cccc(CCCCCC)c1. The lowest BCUT2D eigenvalue weighted by atomic mass is 10.1. The van der Waals surface area contributed by atoms with E-state index < -0.39 is 0 Å². The van der Waals surface area contributed by atoms with Crippen LogP contribution in [0.1, 0.15) is 38.2 Å². The molecule has 0 aliphatic carbocycles. The van der Waals surface area contributed by atoms with Gasteiger partial charge in [-0.3, -0.25) is 0 Å². The molecule has 0 amide bonds. The van der Waals surface area contributed by atoms with Crippen molar-refractivity contribution in [2.45, 2.75) is 39.0 Å². The molecule has 0 radical (unpaired) electrons. The predicted molar refractivity (Wildman–Crippen MR) is 60.6 cm³/mol. The van der Waals surface area contributed by atoms with Crippen molar-refractivity contribution in [1.82, 2.24) is 0 Å². The molecule has 0 aliphatic rings. The highest BCUT2D eigenvalue weighted by Gasteiger charge is 1.95. The molecular weight excluding hydrogens is 170 g/mol. The van der Waals surface area contributed by atoms with Crippen LogP contribution in [0.3, 0.4) is 0 Å². The van der Waals surface area contributed by atoms with E-state index in [9.17, 15) is 0 Å². The van der Waals surface area contributed by atoms with Crippen LogP contribution < -0.4 is 0 Å². The Bertz CT molecular complexity index is 309. The van der Waals surface area contributed by atoms with Crippen LogP contribution >= 0.6 is 0 Å². The lowest BCUT2D eigenvalue weighted by Crippen LogP contribution is -1.84. The van der Waals surface area contributed by atoms with Gasteiger partial charge in [-0.2, -0.15) is 0 Å². The third kappa shape index (κ3) is 3.62. The second kappa shape index (κ2) is 6.21. The van der Waals surface area contributed by atoms with Crippen molar-refractivity contribution in [1.29, 1.82) is 0 Å². The van der Waals surface area contributed by atoms with Crippen molar-refractivity contribution in [3.8, 4) is 0 Å². The van der Waals surface area contributed by atoms with Gasteiger partial charge in [0.15, 0.2) is 5.69 Å². The van der Waals surface area contributed by atoms with E-state index in [0.717, 1.165) is 12.1 Å². The molecule has 1 nitrogen and oxygen atoms in total. The molecule has 1 heteroatoms. The molecule has 0 unspecified atom stereocenters. The summed E-state index contributed by atoms with van der Waals surface area (Å²) in [5.74, 6) is 0. The zero-order valence-electron chi connectivity index (χ0n) is 8.79. The summed E-state index contributed by atoms with van der Waals surface area (Å²) in [6, 6.07) is 7.95. The Labute approximate surface area is 86.6 Å². The van der Waals surface area contributed by atoms with Crippen LogP contribution in [0.5, 0.6) is 0 Å². The van der Waals surface area contributed by atoms with E-state index in [1.165, 1.54) is 31.2 Å². The van der Waals surface area contributed by atoms with E-state index in [-0.39, 0.29) is 0 Å². The van der Waals surface area contributed by atoms with Crippen molar-refractivity contribution in [3.05, 3.63) is 41.2 Å². The molecule has 0 saturated carbocycles. The Balaban J connectivity index is 2.39. The molecule has 1 rings (SSSR count). The average Bonchev–Trinajstić information content (AvgIpc) is 2.25. The molecule has 0 aliphatic heterocycles. The zero-order chi connectivity index (χ0) is 10.2. The van der Waals surface area contributed by atoms with E-state index in [4.69, 9.17) is 6.57 Å². The van der Waals surface area contributed by atoms with Crippen LogP contribution in [0.15, 0.2) is 24.3 Å². The van der Waals surface area contributed by atoms with Crippen molar-refractivity contribution >= 4 is 5.69 Å². The summed E-state index contributed by atoms with van der Waals surface area (Å²) in [6.45, 7) is 9.13. The highest BCUT2D eigenvalue weighted by atomic mass is 14.6. The van der Waals surface area contributed by atoms with E-state index in [2.05, 4.69) is 17.8 Å². The minimum Gasteiger partial charge on any atom is -0.238 e. The van der Waals surface area contributed by atoms with Gasteiger partial charge in [0.2, 0.25) is 0 Å². The Morgan fingerprint density at radius 3 is 2.79 bits per heavy atom. The van der Waals surface area contributed by atoms with Crippen molar-refractivity contribution < 1.29 is 0 Å². The first-order chi connectivity index (χ1) is 6.86.